The molecule has 0 fully saturated rings. The van der Waals surface area contributed by atoms with Crippen molar-refractivity contribution in [1.82, 2.24) is 15.1 Å². The number of carbonyl (C=O) groups excluding carboxylic acids is 1. The van der Waals surface area contributed by atoms with Crippen LogP contribution in [0.5, 0.6) is 0 Å². The van der Waals surface area contributed by atoms with Crippen molar-refractivity contribution in [2.45, 2.75) is 13.1 Å². The number of hydrogen-bond donors (Lipinski definition) is 1. The first-order valence-electron chi connectivity index (χ1n) is 7.41. The lowest BCUT2D eigenvalue weighted by atomic mass is 10.1. The maximum Gasteiger partial charge on any atom is 0.251 e. The summed E-state index contributed by atoms with van der Waals surface area (Å²) >= 11 is 5.96. The van der Waals surface area contributed by atoms with Crippen LogP contribution < -0.4 is 5.32 Å². The molecule has 0 bridgehead atoms. The van der Waals surface area contributed by atoms with Crippen molar-refractivity contribution in [2.24, 2.45) is 0 Å². The van der Waals surface area contributed by atoms with E-state index in [1.165, 1.54) is 12.1 Å². The molecule has 0 radical (unpaired) electrons. The second kappa shape index (κ2) is 7.27. The number of carbonyl (C=O) groups is 1. The van der Waals surface area contributed by atoms with Crippen LogP contribution in [0.25, 0.3) is 0 Å². The molecular formula is C18H15ClFN3O. The topological polar surface area (TPSA) is 46.9 Å². The highest BCUT2D eigenvalue weighted by molar-refractivity contribution is 6.31. The van der Waals surface area contributed by atoms with Crippen LogP contribution in [-0.4, -0.2) is 15.7 Å². The molecule has 122 valence electrons. The highest BCUT2D eigenvalue weighted by atomic mass is 35.5. The van der Waals surface area contributed by atoms with Gasteiger partial charge >= 0.3 is 0 Å². The Morgan fingerprint density at radius 2 is 2.04 bits per heavy atom. The fourth-order valence-electron chi connectivity index (χ4n) is 2.36. The molecule has 3 rings (SSSR count). The fraction of sp³-hybridized carbons (Fsp3) is 0.111. The molecular weight excluding hydrogens is 329 g/mol. The van der Waals surface area contributed by atoms with Crippen LogP contribution in [0.3, 0.4) is 0 Å². The summed E-state index contributed by atoms with van der Waals surface area (Å²) in [5, 5.41) is 7.13. The van der Waals surface area contributed by atoms with Crippen LogP contribution in [0, 0.1) is 5.82 Å². The van der Waals surface area contributed by atoms with E-state index in [1.807, 2.05) is 24.4 Å². The Hall–Kier alpha value is -2.66. The number of hydrogen-bond acceptors (Lipinski definition) is 2. The second-order valence-electron chi connectivity index (χ2n) is 5.29. The van der Waals surface area contributed by atoms with Crippen molar-refractivity contribution < 1.29 is 9.18 Å². The molecule has 0 aliphatic carbocycles. The van der Waals surface area contributed by atoms with Gasteiger partial charge in [0.2, 0.25) is 0 Å². The summed E-state index contributed by atoms with van der Waals surface area (Å²) in [5.74, 6) is -0.716. The van der Waals surface area contributed by atoms with E-state index in [2.05, 4.69) is 10.4 Å². The maximum atomic E-state index is 13.7. The lowest BCUT2D eigenvalue weighted by molar-refractivity contribution is 0.0950. The van der Waals surface area contributed by atoms with E-state index < -0.39 is 5.82 Å². The molecule has 0 saturated heterocycles. The zero-order valence-corrected chi connectivity index (χ0v) is 13.5. The van der Waals surface area contributed by atoms with Gasteiger partial charge in [0, 0.05) is 35.1 Å². The summed E-state index contributed by atoms with van der Waals surface area (Å²) in [6.45, 7) is 0.612. The number of nitrogens with zero attached hydrogens (tertiary/aromatic N) is 2. The van der Waals surface area contributed by atoms with Gasteiger partial charge in [-0.05, 0) is 35.9 Å². The Morgan fingerprint density at radius 3 is 2.79 bits per heavy atom. The first kappa shape index (κ1) is 16.2. The smallest absolute Gasteiger partial charge is 0.251 e. The predicted molar refractivity (Wildman–Crippen MR) is 90.4 cm³/mol. The van der Waals surface area contributed by atoms with Gasteiger partial charge in [-0.25, -0.2) is 4.39 Å². The molecule has 0 atom stereocenters. The molecule has 0 saturated carbocycles. The number of amides is 1. The van der Waals surface area contributed by atoms with Gasteiger partial charge < -0.3 is 5.32 Å². The van der Waals surface area contributed by atoms with Gasteiger partial charge in [0.1, 0.15) is 5.82 Å². The molecule has 24 heavy (non-hydrogen) atoms. The van der Waals surface area contributed by atoms with Gasteiger partial charge in [-0.2, -0.15) is 5.10 Å². The molecule has 3 aromatic rings. The summed E-state index contributed by atoms with van der Waals surface area (Å²) < 4.78 is 15.5. The molecule has 1 amide bonds. The minimum Gasteiger partial charge on any atom is -0.348 e. The molecule has 0 unspecified atom stereocenters. The highest BCUT2D eigenvalue weighted by Gasteiger charge is 2.10. The van der Waals surface area contributed by atoms with Crippen LogP contribution in [-0.2, 0) is 13.1 Å². The molecule has 1 aromatic heterocycles. The van der Waals surface area contributed by atoms with Crippen LogP contribution >= 0.6 is 11.6 Å². The fourth-order valence-corrected chi connectivity index (χ4v) is 2.59. The Labute approximate surface area is 143 Å². The summed E-state index contributed by atoms with van der Waals surface area (Å²) in [4.78, 5) is 12.3. The van der Waals surface area contributed by atoms with Crippen LogP contribution in [0.1, 0.15) is 21.5 Å². The summed E-state index contributed by atoms with van der Waals surface area (Å²) in [6.07, 6.45) is 3.56. The highest BCUT2D eigenvalue weighted by Crippen LogP contribution is 2.18. The predicted octanol–water partition coefficient (Wildman–Crippen LogP) is 3.65. The number of halogens is 2. The van der Waals surface area contributed by atoms with E-state index in [4.69, 9.17) is 11.6 Å². The lowest BCUT2D eigenvalue weighted by Gasteiger charge is -2.09. The third kappa shape index (κ3) is 3.81. The van der Waals surface area contributed by atoms with Crippen LogP contribution in [0.2, 0.25) is 5.02 Å². The summed E-state index contributed by atoms with van der Waals surface area (Å²) in [5.41, 5.74) is 1.74. The van der Waals surface area contributed by atoms with E-state index in [9.17, 15) is 9.18 Å². The Kier molecular flexibility index (Phi) is 4.91. The number of benzene rings is 2. The van der Waals surface area contributed by atoms with Gasteiger partial charge in [0.25, 0.3) is 5.91 Å². The average molecular weight is 344 g/mol. The van der Waals surface area contributed by atoms with Gasteiger partial charge in [0.05, 0.1) is 6.54 Å². The van der Waals surface area contributed by atoms with Crippen LogP contribution in [0.15, 0.2) is 60.9 Å². The van der Waals surface area contributed by atoms with Crippen molar-refractivity contribution >= 4 is 17.5 Å². The quantitative estimate of drug-likeness (QED) is 0.768. The van der Waals surface area contributed by atoms with Crippen molar-refractivity contribution in [3.8, 4) is 0 Å². The van der Waals surface area contributed by atoms with Crippen LogP contribution in [0.4, 0.5) is 4.39 Å². The number of nitrogens with one attached hydrogen (secondary N) is 1. The van der Waals surface area contributed by atoms with Gasteiger partial charge in [-0.15, -0.1) is 0 Å². The van der Waals surface area contributed by atoms with E-state index in [-0.39, 0.29) is 18.0 Å². The molecule has 0 aliphatic heterocycles. The Morgan fingerprint density at radius 1 is 1.21 bits per heavy atom. The normalized spacial score (nSPS) is 10.6. The van der Waals surface area contributed by atoms with E-state index >= 15 is 0 Å². The first-order valence-corrected chi connectivity index (χ1v) is 7.79. The lowest BCUT2D eigenvalue weighted by Crippen LogP contribution is -2.23. The average Bonchev–Trinajstić information content (AvgIpc) is 3.07. The van der Waals surface area contributed by atoms with Crippen molar-refractivity contribution in [1.29, 1.82) is 0 Å². The molecule has 1 N–H and O–H groups in total. The van der Waals surface area contributed by atoms with Gasteiger partial charge in [-0.3, -0.25) is 9.48 Å². The molecule has 0 aliphatic rings. The molecule has 2 aromatic carbocycles. The Bertz CT molecular complexity index is 829. The number of aromatic nitrogens is 2. The van der Waals surface area contributed by atoms with Crippen molar-refractivity contribution in [3.05, 3.63) is 88.5 Å². The third-order valence-electron chi connectivity index (χ3n) is 3.58. The van der Waals surface area contributed by atoms with E-state index in [1.54, 1.807) is 29.1 Å². The maximum absolute atomic E-state index is 13.7. The first-order chi connectivity index (χ1) is 11.6. The minimum absolute atomic E-state index is 0.0354. The molecule has 4 nitrogen and oxygen atoms in total. The standard InChI is InChI=1S/C18H15ClFN3O/c19-16-6-2-7-17(20)15(16)11-21-18(24)14-5-1-4-13(10-14)12-23-9-3-8-22-23/h1-10H,11-12H2,(H,21,24). The van der Waals surface area contributed by atoms with Gasteiger partial charge in [0.15, 0.2) is 0 Å². The molecule has 0 spiro atoms. The largest absolute Gasteiger partial charge is 0.348 e. The van der Waals surface area contributed by atoms with Gasteiger partial charge in [-0.1, -0.05) is 29.8 Å². The minimum atomic E-state index is -0.435. The monoisotopic (exact) mass is 343 g/mol. The zero-order valence-electron chi connectivity index (χ0n) is 12.7. The second-order valence-corrected chi connectivity index (χ2v) is 5.69. The van der Waals surface area contributed by atoms with Crippen molar-refractivity contribution in [3.63, 3.8) is 0 Å². The molecule has 1 heterocycles. The Balaban J connectivity index is 1.69. The van der Waals surface area contributed by atoms with E-state index in [0.29, 0.717) is 17.1 Å². The third-order valence-corrected chi connectivity index (χ3v) is 3.93. The SMILES string of the molecule is O=C(NCc1c(F)cccc1Cl)c1cccc(Cn2cccn2)c1. The summed E-state index contributed by atoms with van der Waals surface area (Å²) in [7, 11) is 0. The molecule has 6 heteroatoms. The number of rotatable bonds is 5. The van der Waals surface area contributed by atoms with Crippen molar-refractivity contribution in [2.75, 3.05) is 0 Å². The zero-order chi connectivity index (χ0) is 16.9. The summed E-state index contributed by atoms with van der Waals surface area (Å²) in [6, 6.07) is 13.5. The van der Waals surface area contributed by atoms with E-state index in [0.717, 1.165) is 5.56 Å².